The summed E-state index contributed by atoms with van der Waals surface area (Å²) in [5.74, 6) is 0.760. The summed E-state index contributed by atoms with van der Waals surface area (Å²) in [6.45, 7) is 0.500. The average molecular weight is 312 g/mol. The van der Waals surface area contributed by atoms with Crippen LogP contribution >= 0.6 is 0 Å². The number of nitriles is 1. The number of benzene rings is 2. The Morgan fingerprint density at radius 2 is 1.46 bits per heavy atom. The first-order valence-electron chi connectivity index (χ1n) is 7.63. The highest BCUT2D eigenvalue weighted by Gasteiger charge is 1.97. The number of ether oxygens (including phenoxy) is 1. The molecule has 1 aromatic heterocycles. The summed E-state index contributed by atoms with van der Waals surface area (Å²) in [6.07, 6.45) is 7.69. The monoisotopic (exact) mass is 312 g/mol. The maximum Gasteiger partial charge on any atom is 0.119 e. The van der Waals surface area contributed by atoms with E-state index in [-0.39, 0.29) is 0 Å². The van der Waals surface area contributed by atoms with Crippen molar-refractivity contribution in [2.75, 3.05) is 0 Å². The fourth-order valence-electron chi connectivity index (χ4n) is 2.18. The Labute approximate surface area is 141 Å². The smallest absolute Gasteiger partial charge is 0.119 e. The molecular formula is C21H16N2O. The third-order valence-electron chi connectivity index (χ3n) is 3.54. The predicted molar refractivity (Wildman–Crippen MR) is 95.1 cm³/mol. The van der Waals surface area contributed by atoms with Crippen LogP contribution in [0.25, 0.3) is 12.2 Å². The van der Waals surface area contributed by atoms with Crippen molar-refractivity contribution in [1.29, 1.82) is 5.26 Å². The first-order valence-corrected chi connectivity index (χ1v) is 7.63. The molecule has 0 amide bonds. The van der Waals surface area contributed by atoms with Gasteiger partial charge in [0, 0.05) is 12.4 Å². The van der Waals surface area contributed by atoms with Crippen molar-refractivity contribution >= 4 is 12.2 Å². The van der Waals surface area contributed by atoms with Gasteiger partial charge in [0.1, 0.15) is 12.4 Å². The molecule has 3 aromatic rings. The molecule has 0 aliphatic rings. The molecule has 2 aromatic carbocycles. The van der Waals surface area contributed by atoms with Crippen LogP contribution in [0.5, 0.6) is 5.75 Å². The third-order valence-corrected chi connectivity index (χ3v) is 3.54. The van der Waals surface area contributed by atoms with E-state index in [9.17, 15) is 0 Å². The highest BCUT2D eigenvalue weighted by Crippen LogP contribution is 2.15. The van der Waals surface area contributed by atoms with Gasteiger partial charge in [0.2, 0.25) is 0 Å². The van der Waals surface area contributed by atoms with Crippen LogP contribution in [0.3, 0.4) is 0 Å². The normalized spacial score (nSPS) is 10.5. The lowest BCUT2D eigenvalue weighted by Gasteiger charge is -2.06. The van der Waals surface area contributed by atoms with Gasteiger partial charge in [-0.05, 0) is 53.1 Å². The number of hydrogen-bond acceptors (Lipinski definition) is 3. The van der Waals surface area contributed by atoms with Gasteiger partial charge in [-0.1, -0.05) is 36.4 Å². The Kier molecular flexibility index (Phi) is 5.01. The molecule has 116 valence electrons. The molecular weight excluding hydrogens is 296 g/mol. The predicted octanol–water partition coefficient (Wildman–Crippen LogP) is 4.70. The summed E-state index contributed by atoms with van der Waals surface area (Å²) in [6, 6.07) is 21.4. The van der Waals surface area contributed by atoms with Crippen molar-refractivity contribution in [2.24, 2.45) is 0 Å². The SMILES string of the molecule is N#Cc1ccc(OCc2ccc(C=Cc3ccncc3)cc2)cc1. The van der Waals surface area contributed by atoms with Gasteiger partial charge in [-0.25, -0.2) is 0 Å². The molecule has 3 heteroatoms. The molecule has 0 aliphatic heterocycles. The molecule has 0 saturated carbocycles. The van der Waals surface area contributed by atoms with E-state index in [1.54, 1.807) is 24.5 Å². The Morgan fingerprint density at radius 1 is 0.833 bits per heavy atom. The lowest BCUT2D eigenvalue weighted by Crippen LogP contribution is -1.95. The van der Waals surface area contributed by atoms with Crippen LogP contribution in [0.15, 0.2) is 73.1 Å². The van der Waals surface area contributed by atoms with Crippen LogP contribution in [-0.4, -0.2) is 4.98 Å². The van der Waals surface area contributed by atoms with Crippen LogP contribution < -0.4 is 4.74 Å². The minimum atomic E-state index is 0.500. The number of aromatic nitrogens is 1. The molecule has 1 heterocycles. The largest absolute Gasteiger partial charge is 0.489 e. The number of nitrogens with zero attached hydrogens (tertiary/aromatic N) is 2. The Morgan fingerprint density at radius 3 is 2.08 bits per heavy atom. The fraction of sp³-hybridized carbons (Fsp3) is 0.0476. The zero-order valence-corrected chi connectivity index (χ0v) is 13.1. The molecule has 0 atom stereocenters. The topological polar surface area (TPSA) is 45.9 Å². The molecule has 3 rings (SSSR count). The maximum atomic E-state index is 8.78. The molecule has 0 N–H and O–H groups in total. The van der Waals surface area contributed by atoms with Crippen LogP contribution in [-0.2, 0) is 6.61 Å². The molecule has 0 saturated heterocycles. The first-order chi connectivity index (χ1) is 11.8. The van der Waals surface area contributed by atoms with E-state index in [1.165, 1.54) is 0 Å². The second-order valence-corrected chi connectivity index (χ2v) is 5.28. The van der Waals surface area contributed by atoms with Crippen molar-refractivity contribution in [1.82, 2.24) is 4.98 Å². The number of rotatable bonds is 5. The second kappa shape index (κ2) is 7.75. The molecule has 3 nitrogen and oxygen atoms in total. The molecule has 0 radical (unpaired) electrons. The Bertz CT molecular complexity index is 845. The van der Waals surface area contributed by atoms with E-state index in [0.717, 1.165) is 22.4 Å². The molecule has 0 bridgehead atoms. The van der Waals surface area contributed by atoms with Crippen molar-refractivity contribution < 1.29 is 4.74 Å². The zero-order chi connectivity index (χ0) is 16.6. The van der Waals surface area contributed by atoms with Gasteiger partial charge in [0.05, 0.1) is 11.6 Å². The maximum absolute atomic E-state index is 8.78. The Balaban J connectivity index is 1.58. The first kappa shape index (κ1) is 15.5. The van der Waals surface area contributed by atoms with Crippen molar-refractivity contribution in [3.8, 4) is 11.8 Å². The minimum Gasteiger partial charge on any atom is -0.489 e. The summed E-state index contributed by atoms with van der Waals surface area (Å²) in [4.78, 5) is 4.00. The van der Waals surface area contributed by atoms with E-state index in [2.05, 4.69) is 47.5 Å². The standard InChI is InChI=1S/C21H16N2O/c22-15-19-7-9-21(10-8-19)24-16-20-5-3-17(4-6-20)1-2-18-11-13-23-14-12-18/h1-14H,16H2. The molecule has 0 fully saturated rings. The van der Waals surface area contributed by atoms with Gasteiger partial charge in [0.25, 0.3) is 0 Å². The van der Waals surface area contributed by atoms with Crippen molar-refractivity contribution in [3.63, 3.8) is 0 Å². The number of pyridine rings is 1. The fourth-order valence-corrected chi connectivity index (χ4v) is 2.18. The van der Waals surface area contributed by atoms with Gasteiger partial charge in [-0.3, -0.25) is 4.98 Å². The summed E-state index contributed by atoms with van der Waals surface area (Å²) in [5.41, 5.74) is 3.99. The van der Waals surface area contributed by atoms with E-state index in [1.807, 2.05) is 24.3 Å². The lowest BCUT2D eigenvalue weighted by molar-refractivity contribution is 0.306. The Hall–Kier alpha value is -3.38. The van der Waals surface area contributed by atoms with Crippen LogP contribution in [0.1, 0.15) is 22.3 Å². The van der Waals surface area contributed by atoms with Crippen molar-refractivity contribution in [2.45, 2.75) is 6.61 Å². The molecule has 0 spiro atoms. The van der Waals surface area contributed by atoms with E-state index in [4.69, 9.17) is 10.00 Å². The summed E-state index contributed by atoms with van der Waals surface area (Å²) in [7, 11) is 0. The van der Waals surface area contributed by atoms with Crippen LogP contribution in [0.2, 0.25) is 0 Å². The van der Waals surface area contributed by atoms with Gasteiger partial charge < -0.3 is 4.74 Å². The molecule has 0 aliphatic carbocycles. The van der Waals surface area contributed by atoms with E-state index < -0.39 is 0 Å². The van der Waals surface area contributed by atoms with E-state index in [0.29, 0.717) is 12.2 Å². The van der Waals surface area contributed by atoms with E-state index >= 15 is 0 Å². The highest BCUT2D eigenvalue weighted by molar-refractivity contribution is 5.69. The van der Waals surface area contributed by atoms with Gasteiger partial charge in [0.15, 0.2) is 0 Å². The van der Waals surface area contributed by atoms with Gasteiger partial charge in [-0.15, -0.1) is 0 Å². The lowest BCUT2D eigenvalue weighted by atomic mass is 10.1. The van der Waals surface area contributed by atoms with Crippen LogP contribution in [0, 0.1) is 11.3 Å². The van der Waals surface area contributed by atoms with Crippen molar-refractivity contribution in [3.05, 3.63) is 95.3 Å². The van der Waals surface area contributed by atoms with Gasteiger partial charge in [-0.2, -0.15) is 5.26 Å². The molecule has 24 heavy (non-hydrogen) atoms. The second-order valence-electron chi connectivity index (χ2n) is 5.28. The number of hydrogen-bond donors (Lipinski definition) is 0. The van der Waals surface area contributed by atoms with Crippen LogP contribution in [0.4, 0.5) is 0 Å². The quantitative estimate of drug-likeness (QED) is 0.686. The average Bonchev–Trinajstić information content (AvgIpc) is 2.67. The summed E-state index contributed by atoms with van der Waals surface area (Å²) in [5, 5.41) is 8.78. The highest BCUT2D eigenvalue weighted by atomic mass is 16.5. The third kappa shape index (κ3) is 4.31. The molecule has 0 unspecified atom stereocenters. The van der Waals surface area contributed by atoms with Gasteiger partial charge >= 0.3 is 0 Å². The summed E-state index contributed by atoms with van der Waals surface area (Å²) < 4.78 is 5.73. The zero-order valence-electron chi connectivity index (χ0n) is 13.1. The minimum absolute atomic E-state index is 0.500. The summed E-state index contributed by atoms with van der Waals surface area (Å²) >= 11 is 0.